The van der Waals surface area contributed by atoms with Gasteiger partial charge < -0.3 is 9.47 Å². The van der Waals surface area contributed by atoms with Gasteiger partial charge in [-0.05, 0) is 11.6 Å². The van der Waals surface area contributed by atoms with Crippen molar-refractivity contribution in [2.75, 3.05) is 19.3 Å². The van der Waals surface area contributed by atoms with Crippen LogP contribution in [0.25, 0.3) is 0 Å². The van der Waals surface area contributed by atoms with E-state index in [4.69, 9.17) is 14.3 Å². The minimum absolute atomic E-state index is 0.204. The Morgan fingerprint density at radius 3 is 2.27 bits per heavy atom. The van der Waals surface area contributed by atoms with Crippen LogP contribution < -0.4 is 5.06 Å². The molecule has 0 spiro atoms. The van der Waals surface area contributed by atoms with Crippen molar-refractivity contribution in [1.29, 1.82) is 0 Å². The summed E-state index contributed by atoms with van der Waals surface area (Å²) in [5.74, 6) is -1.29. The molecule has 1 fully saturated rings. The lowest BCUT2D eigenvalue weighted by Crippen LogP contribution is -2.52. The Bertz CT molecular complexity index is 834. The molecule has 0 saturated carbocycles. The Hall–Kier alpha value is -2.86. The Kier molecular flexibility index (Phi) is 3.92. The van der Waals surface area contributed by atoms with E-state index in [0.29, 0.717) is 0 Å². The molecule has 134 valence electrons. The van der Waals surface area contributed by atoms with Gasteiger partial charge in [0, 0.05) is 12.0 Å². The third kappa shape index (κ3) is 2.15. The number of hydrogen-bond donors (Lipinski definition) is 0. The van der Waals surface area contributed by atoms with E-state index < -0.39 is 23.5 Å². The van der Waals surface area contributed by atoms with Gasteiger partial charge in [0.15, 0.2) is 5.41 Å². The second-order valence-electron chi connectivity index (χ2n) is 6.46. The first-order valence-corrected chi connectivity index (χ1v) is 8.40. The van der Waals surface area contributed by atoms with Gasteiger partial charge in [-0.25, -0.2) is 5.06 Å². The van der Waals surface area contributed by atoms with Crippen molar-refractivity contribution in [3.05, 3.63) is 65.7 Å². The Morgan fingerprint density at radius 1 is 1.00 bits per heavy atom. The molecular weight excluding hydrogens is 334 g/mol. The van der Waals surface area contributed by atoms with E-state index in [9.17, 15) is 9.59 Å². The fourth-order valence-corrected chi connectivity index (χ4v) is 3.99. The summed E-state index contributed by atoms with van der Waals surface area (Å²) < 4.78 is 10.1. The number of rotatable bonds is 3. The van der Waals surface area contributed by atoms with Crippen LogP contribution in [0.4, 0.5) is 5.69 Å². The van der Waals surface area contributed by atoms with E-state index in [1.807, 2.05) is 54.6 Å². The highest BCUT2D eigenvalue weighted by Gasteiger charge is 2.64. The van der Waals surface area contributed by atoms with Gasteiger partial charge in [0.05, 0.1) is 25.9 Å². The first-order valence-electron chi connectivity index (χ1n) is 8.40. The van der Waals surface area contributed by atoms with E-state index in [1.165, 1.54) is 14.2 Å². The maximum atomic E-state index is 12.8. The average Bonchev–Trinajstić information content (AvgIpc) is 3.04. The third-order valence-corrected chi connectivity index (χ3v) is 5.21. The first kappa shape index (κ1) is 16.6. The predicted molar refractivity (Wildman–Crippen MR) is 93.0 cm³/mol. The molecule has 0 amide bonds. The van der Waals surface area contributed by atoms with Crippen LogP contribution in [0, 0.1) is 5.41 Å². The molecule has 2 bridgehead atoms. The normalized spacial score (nSPS) is 22.5. The molecule has 6 nitrogen and oxygen atoms in total. The van der Waals surface area contributed by atoms with Crippen LogP contribution in [0.2, 0.25) is 0 Å². The monoisotopic (exact) mass is 353 g/mol. The van der Waals surface area contributed by atoms with Gasteiger partial charge in [-0.2, -0.15) is 0 Å². The molecule has 6 heteroatoms. The maximum absolute atomic E-state index is 12.8. The predicted octanol–water partition coefficient (Wildman–Crippen LogP) is 2.96. The van der Waals surface area contributed by atoms with Gasteiger partial charge in [0.25, 0.3) is 0 Å². The molecule has 4 rings (SSSR count). The van der Waals surface area contributed by atoms with Crippen LogP contribution >= 0.6 is 0 Å². The number of hydrogen-bond acceptors (Lipinski definition) is 6. The lowest BCUT2D eigenvalue weighted by atomic mass is 9.73. The molecule has 0 N–H and O–H groups in total. The molecule has 0 unspecified atom stereocenters. The van der Waals surface area contributed by atoms with E-state index in [1.54, 1.807) is 5.06 Å². The second-order valence-corrected chi connectivity index (χ2v) is 6.46. The molecule has 2 aliphatic heterocycles. The number of nitrogens with zero attached hydrogens (tertiary/aromatic N) is 1. The molecule has 2 aromatic rings. The fraction of sp³-hybridized carbons (Fsp3) is 0.300. The van der Waals surface area contributed by atoms with Gasteiger partial charge in [-0.15, -0.1) is 0 Å². The van der Waals surface area contributed by atoms with Gasteiger partial charge >= 0.3 is 11.9 Å². The molecule has 2 atom stereocenters. The number of methoxy groups -OCH3 is 2. The van der Waals surface area contributed by atoms with E-state index >= 15 is 0 Å². The molecule has 2 aromatic carbocycles. The molecule has 0 aliphatic carbocycles. The summed E-state index contributed by atoms with van der Waals surface area (Å²) >= 11 is 0. The van der Waals surface area contributed by atoms with Crippen LogP contribution in [0.15, 0.2) is 54.6 Å². The molecule has 0 radical (unpaired) electrons. The number of ether oxygens (including phenoxy) is 2. The van der Waals surface area contributed by atoms with E-state index in [-0.39, 0.29) is 12.5 Å². The lowest BCUT2D eigenvalue weighted by molar-refractivity contribution is -0.192. The number of benzene rings is 2. The SMILES string of the molecule is COC(=O)C1(C(=O)OC)C[C@H](c2ccccc2)N2O[C@@H]1c1ccccc12. The summed E-state index contributed by atoms with van der Waals surface area (Å²) in [5.41, 5.74) is 1.01. The standard InChI is InChI=1S/C20H19NO5/c1-24-18(22)20(19(23)25-2)12-16(13-8-4-3-5-9-13)21-15-11-7-6-10-14(15)17(20)26-21/h3-11,16-17H,12H2,1-2H3/t16-,17-/m1/s1. The molecular formula is C20H19NO5. The zero-order valence-electron chi connectivity index (χ0n) is 14.5. The Morgan fingerprint density at radius 2 is 1.62 bits per heavy atom. The summed E-state index contributed by atoms with van der Waals surface area (Å²) in [6.45, 7) is 0. The third-order valence-electron chi connectivity index (χ3n) is 5.21. The van der Waals surface area contributed by atoms with E-state index in [0.717, 1.165) is 16.8 Å². The number of carbonyl (C=O) groups excluding carboxylic acids is 2. The van der Waals surface area contributed by atoms with Crippen LogP contribution in [-0.2, 0) is 23.9 Å². The summed E-state index contributed by atoms with van der Waals surface area (Å²) in [7, 11) is 2.55. The topological polar surface area (TPSA) is 65.1 Å². The zero-order valence-corrected chi connectivity index (χ0v) is 14.5. The first-order chi connectivity index (χ1) is 12.6. The highest BCUT2D eigenvalue weighted by atomic mass is 16.7. The number of anilines is 1. The molecule has 1 saturated heterocycles. The van der Waals surface area contributed by atoms with Crippen molar-refractivity contribution < 1.29 is 23.9 Å². The van der Waals surface area contributed by atoms with Gasteiger partial charge in [-0.3, -0.25) is 14.4 Å². The van der Waals surface area contributed by atoms with E-state index in [2.05, 4.69) is 0 Å². The van der Waals surface area contributed by atoms with Crippen LogP contribution in [0.1, 0.15) is 29.7 Å². The summed E-state index contributed by atoms with van der Waals surface area (Å²) in [5, 5.41) is 1.79. The van der Waals surface area contributed by atoms with Crippen LogP contribution in [-0.4, -0.2) is 26.2 Å². The molecule has 0 aromatic heterocycles. The fourth-order valence-electron chi connectivity index (χ4n) is 3.99. The Labute approximate surface area is 151 Å². The number of hydroxylamine groups is 1. The zero-order chi connectivity index (χ0) is 18.3. The minimum Gasteiger partial charge on any atom is -0.468 e. The number of carbonyl (C=O) groups is 2. The highest BCUT2D eigenvalue weighted by molar-refractivity contribution is 6.02. The van der Waals surface area contributed by atoms with Crippen LogP contribution in [0.3, 0.4) is 0 Å². The molecule has 2 heterocycles. The largest absolute Gasteiger partial charge is 0.468 e. The second kappa shape index (κ2) is 6.14. The highest BCUT2D eigenvalue weighted by Crippen LogP contribution is 2.59. The quantitative estimate of drug-likeness (QED) is 0.624. The molecule has 26 heavy (non-hydrogen) atoms. The number of esters is 2. The van der Waals surface area contributed by atoms with Crippen molar-refractivity contribution in [3.8, 4) is 0 Å². The molecule has 2 aliphatic rings. The van der Waals surface area contributed by atoms with Crippen molar-refractivity contribution >= 4 is 17.6 Å². The smallest absolute Gasteiger partial charge is 0.326 e. The average molecular weight is 353 g/mol. The van der Waals surface area contributed by atoms with Crippen LogP contribution in [0.5, 0.6) is 0 Å². The van der Waals surface area contributed by atoms with Gasteiger partial charge in [0.2, 0.25) is 0 Å². The van der Waals surface area contributed by atoms with Crippen molar-refractivity contribution in [2.45, 2.75) is 18.6 Å². The number of para-hydroxylation sites is 1. The summed E-state index contributed by atoms with van der Waals surface area (Å²) in [4.78, 5) is 31.8. The minimum atomic E-state index is -1.56. The maximum Gasteiger partial charge on any atom is 0.326 e. The lowest BCUT2D eigenvalue weighted by Gasteiger charge is -2.42. The van der Waals surface area contributed by atoms with Gasteiger partial charge in [-0.1, -0.05) is 48.5 Å². The van der Waals surface area contributed by atoms with Crippen molar-refractivity contribution in [2.24, 2.45) is 5.41 Å². The van der Waals surface area contributed by atoms with Crippen molar-refractivity contribution in [1.82, 2.24) is 0 Å². The number of fused-ring (bicyclic) bond motifs is 5. The summed E-state index contributed by atoms with van der Waals surface area (Å²) in [6.07, 6.45) is -0.575. The van der Waals surface area contributed by atoms with Crippen molar-refractivity contribution in [3.63, 3.8) is 0 Å². The van der Waals surface area contributed by atoms with Gasteiger partial charge in [0.1, 0.15) is 6.10 Å². The summed E-state index contributed by atoms with van der Waals surface area (Å²) in [6, 6.07) is 16.9. The Balaban J connectivity index is 1.93.